The maximum Gasteiger partial charge on any atom is 0.358 e. The molecular weight excluding hydrogens is 336 g/mol. The summed E-state index contributed by atoms with van der Waals surface area (Å²) in [6.45, 7) is 0.419. The van der Waals surface area contributed by atoms with E-state index in [1.165, 1.54) is 30.1 Å². The highest BCUT2D eigenvalue weighted by molar-refractivity contribution is 5.90. The van der Waals surface area contributed by atoms with Crippen molar-refractivity contribution in [3.63, 3.8) is 0 Å². The maximum atomic E-state index is 12.1. The van der Waals surface area contributed by atoms with Crippen molar-refractivity contribution in [2.45, 2.75) is 51.4 Å². The van der Waals surface area contributed by atoms with Crippen LogP contribution in [0.15, 0.2) is 30.5 Å². The molecule has 26 heavy (non-hydrogen) atoms. The van der Waals surface area contributed by atoms with E-state index in [0.29, 0.717) is 18.4 Å². The number of carboxylic acid groups (broad SMARTS) is 1. The van der Waals surface area contributed by atoms with Gasteiger partial charge in [0.15, 0.2) is 5.69 Å². The van der Waals surface area contributed by atoms with E-state index in [0.717, 1.165) is 18.4 Å². The molecular formula is C18H22N4O4. The number of hydrogen-bond acceptors (Lipinski definition) is 5. The molecule has 0 saturated heterocycles. The summed E-state index contributed by atoms with van der Waals surface area (Å²) in [6, 6.07) is 7.51. The number of anilines is 1. The van der Waals surface area contributed by atoms with Gasteiger partial charge in [0.05, 0.1) is 18.9 Å². The van der Waals surface area contributed by atoms with E-state index in [-0.39, 0.29) is 18.1 Å². The summed E-state index contributed by atoms with van der Waals surface area (Å²) in [5.74, 6) is -1.49. The van der Waals surface area contributed by atoms with Crippen LogP contribution in [-0.4, -0.2) is 38.1 Å². The molecule has 0 bridgehead atoms. The lowest BCUT2D eigenvalue weighted by atomic mass is 9.98. The molecule has 0 radical (unpaired) electrons. The molecule has 1 fully saturated rings. The number of ether oxygens (including phenoxy) is 1. The molecule has 8 nitrogen and oxygen atoms in total. The van der Waals surface area contributed by atoms with Gasteiger partial charge in [-0.1, -0.05) is 36.6 Å². The fourth-order valence-electron chi connectivity index (χ4n) is 3.01. The van der Waals surface area contributed by atoms with E-state index in [2.05, 4.69) is 15.6 Å². The van der Waals surface area contributed by atoms with E-state index in [1.54, 1.807) is 6.07 Å². The van der Waals surface area contributed by atoms with Gasteiger partial charge in [0, 0.05) is 5.69 Å². The van der Waals surface area contributed by atoms with Gasteiger partial charge in [-0.2, -0.15) is 0 Å². The molecule has 1 saturated carbocycles. The van der Waals surface area contributed by atoms with Crippen LogP contribution in [0.5, 0.6) is 0 Å². The molecule has 1 aromatic carbocycles. The van der Waals surface area contributed by atoms with Gasteiger partial charge in [-0.3, -0.25) is 4.79 Å². The van der Waals surface area contributed by atoms with Crippen molar-refractivity contribution < 1.29 is 19.4 Å². The monoisotopic (exact) mass is 358 g/mol. The van der Waals surface area contributed by atoms with Crippen LogP contribution >= 0.6 is 0 Å². The molecule has 1 heterocycles. The maximum absolute atomic E-state index is 12.1. The number of aromatic nitrogens is 3. The highest BCUT2D eigenvalue weighted by Gasteiger charge is 2.14. The Hall–Kier alpha value is -2.74. The van der Waals surface area contributed by atoms with Crippen LogP contribution in [0, 0.1) is 0 Å². The molecule has 0 atom stereocenters. The standard InChI is InChI=1S/C18H22N4O4/c23-17(11-22-10-16(18(24)25)20-21-22)19-14-6-4-5-13(9-14)12-26-15-7-2-1-3-8-15/h4-6,9-10,15H,1-3,7-8,11-12H2,(H,19,23)(H,24,25). The van der Waals surface area contributed by atoms with Crippen molar-refractivity contribution in [2.24, 2.45) is 0 Å². The lowest BCUT2D eigenvalue weighted by Crippen LogP contribution is -2.19. The molecule has 8 heteroatoms. The van der Waals surface area contributed by atoms with Crippen LogP contribution < -0.4 is 5.32 Å². The van der Waals surface area contributed by atoms with Crippen LogP contribution in [0.1, 0.15) is 48.2 Å². The van der Waals surface area contributed by atoms with E-state index >= 15 is 0 Å². The SMILES string of the molecule is O=C(Cn1cc(C(=O)O)nn1)Nc1cccc(COC2CCCCC2)c1. The summed E-state index contributed by atoms with van der Waals surface area (Å²) < 4.78 is 7.15. The molecule has 3 rings (SSSR count). The highest BCUT2D eigenvalue weighted by Crippen LogP contribution is 2.22. The Kier molecular flexibility index (Phi) is 5.96. The van der Waals surface area contributed by atoms with Crippen LogP contribution in [-0.2, 0) is 22.7 Å². The first kappa shape index (κ1) is 18.1. The van der Waals surface area contributed by atoms with Gasteiger partial charge in [0.25, 0.3) is 0 Å². The molecule has 1 amide bonds. The number of rotatable bonds is 7. The third-order valence-corrected chi connectivity index (χ3v) is 4.31. The first-order chi connectivity index (χ1) is 12.6. The van der Waals surface area contributed by atoms with Crippen molar-refractivity contribution in [3.05, 3.63) is 41.7 Å². The second-order valence-electron chi connectivity index (χ2n) is 6.43. The zero-order valence-corrected chi connectivity index (χ0v) is 14.4. The Balaban J connectivity index is 1.52. The number of amides is 1. The van der Waals surface area contributed by atoms with Crippen molar-refractivity contribution in [3.8, 4) is 0 Å². The molecule has 138 valence electrons. The van der Waals surface area contributed by atoms with Gasteiger partial charge in [-0.15, -0.1) is 5.10 Å². The van der Waals surface area contributed by atoms with Gasteiger partial charge in [-0.25, -0.2) is 9.48 Å². The minimum atomic E-state index is -1.18. The third kappa shape index (κ3) is 5.13. The summed E-state index contributed by atoms with van der Waals surface area (Å²) in [7, 11) is 0. The highest BCUT2D eigenvalue weighted by atomic mass is 16.5. The van der Waals surface area contributed by atoms with Gasteiger partial charge in [-0.05, 0) is 30.5 Å². The number of carbonyl (C=O) groups is 2. The number of nitrogens with zero attached hydrogens (tertiary/aromatic N) is 3. The van der Waals surface area contributed by atoms with Crippen molar-refractivity contribution in [1.29, 1.82) is 0 Å². The van der Waals surface area contributed by atoms with Gasteiger partial charge in [0.1, 0.15) is 6.54 Å². The van der Waals surface area contributed by atoms with Crippen LogP contribution in [0.2, 0.25) is 0 Å². The fraction of sp³-hybridized carbons (Fsp3) is 0.444. The molecule has 1 aromatic heterocycles. The number of carboxylic acids is 1. The zero-order valence-electron chi connectivity index (χ0n) is 14.4. The van der Waals surface area contributed by atoms with Crippen LogP contribution in [0.25, 0.3) is 0 Å². The molecule has 2 aromatic rings. The molecule has 0 spiro atoms. The topological polar surface area (TPSA) is 106 Å². The zero-order chi connectivity index (χ0) is 18.4. The Morgan fingerprint density at radius 1 is 1.27 bits per heavy atom. The molecule has 0 unspecified atom stereocenters. The quantitative estimate of drug-likeness (QED) is 0.787. The van der Waals surface area contributed by atoms with Crippen LogP contribution in [0.3, 0.4) is 0 Å². The number of hydrogen-bond donors (Lipinski definition) is 2. The average molecular weight is 358 g/mol. The second-order valence-corrected chi connectivity index (χ2v) is 6.43. The summed E-state index contributed by atoms with van der Waals surface area (Å²) in [5.41, 5.74) is 1.47. The average Bonchev–Trinajstić information content (AvgIpc) is 3.10. The van der Waals surface area contributed by atoms with Crippen molar-refractivity contribution in [1.82, 2.24) is 15.0 Å². The normalized spacial score (nSPS) is 14.9. The van der Waals surface area contributed by atoms with Gasteiger partial charge in [0.2, 0.25) is 5.91 Å². The minimum Gasteiger partial charge on any atom is -0.476 e. The number of benzene rings is 1. The predicted octanol–water partition coefficient (Wildman–Crippen LogP) is 2.46. The number of carbonyl (C=O) groups excluding carboxylic acids is 1. The summed E-state index contributed by atoms with van der Waals surface area (Å²) >= 11 is 0. The number of nitrogens with one attached hydrogen (secondary N) is 1. The van der Waals surface area contributed by atoms with E-state index in [9.17, 15) is 9.59 Å². The molecule has 2 N–H and O–H groups in total. The predicted molar refractivity (Wildman–Crippen MR) is 93.7 cm³/mol. The number of aromatic carboxylic acids is 1. The van der Waals surface area contributed by atoms with E-state index in [1.807, 2.05) is 18.2 Å². The Morgan fingerprint density at radius 2 is 2.08 bits per heavy atom. The van der Waals surface area contributed by atoms with Gasteiger partial charge < -0.3 is 15.2 Å². The Bertz CT molecular complexity index is 768. The largest absolute Gasteiger partial charge is 0.476 e. The van der Waals surface area contributed by atoms with Gasteiger partial charge >= 0.3 is 5.97 Å². The smallest absolute Gasteiger partial charge is 0.358 e. The molecule has 0 aliphatic heterocycles. The van der Waals surface area contributed by atoms with Crippen molar-refractivity contribution in [2.75, 3.05) is 5.32 Å². The second kappa shape index (κ2) is 8.57. The molecule has 1 aliphatic carbocycles. The van der Waals surface area contributed by atoms with Crippen LogP contribution in [0.4, 0.5) is 5.69 Å². The molecule has 1 aliphatic rings. The first-order valence-corrected chi connectivity index (χ1v) is 8.74. The Labute approximate surface area is 151 Å². The lowest BCUT2D eigenvalue weighted by molar-refractivity contribution is -0.116. The van der Waals surface area contributed by atoms with Crippen molar-refractivity contribution >= 4 is 17.6 Å². The van der Waals surface area contributed by atoms with E-state index < -0.39 is 5.97 Å². The summed E-state index contributed by atoms with van der Waals surface area (Å²) in [5, 5.41) is 18.7. The summed E-state index contributed by atoms with van der Waals surface area (Å²) in [4.78, 5) is 22.9. The lowest BCUT2D eigenvalue weighted by Gasteiger charge is -2.22. The fourth-order valence-corrected chi connectivity index (χ4v) is 3.01. The Morgan fingerprint density at radius 3 is 2.81 bits per heavy atom. The summed E-state index contributed by atoms with van der Waals surface area (Å²) in [6.07, 6.45) is 7.54. The third-order valence-electron chi connectivity index (χ3n) is 4.31. The van der Waals surface area contributed by atoms with E-state index in [4.69, 9.17) is 9.84 Å². The first-order valence-electron chi connectivity index (χ1n) is 8.74. The minimum absolute atomic E-state index is 0.108.